The Hall–Kier alpha value is -1.13. The van der Waals surface area contributed by atoms with Crippen LogP contribution in [-0.4, -0.2) is 16.1 Å². The molecule has 0 saturated carbocycles. The zero-order valence-electron chi connectivity index (χ0n) is 11.9. The maximum atomic E-state index is 4.40. The zero-order chi connectivity index (χ0) is 14.0. The quantitative estimate of drug-likeness (QED) is 0.924. The van der Waals surface area contributed by atoms with Crippen LogP contribution in [0.5, 0.6) is 0 Å². The highest BCUT2D eigenvalue weighted by atomic mass is 79.9. The Morgan fingerprint density at radius 1 is 1.37 bits per heavy atom. The average molecular weight is 322 g/mol. The smallest absolute Gasteiger partial charge is 0.0997 e. The lowest BCUT2D eigenvalue weighted by atomic mass is 10.1. The topological polar surface area (TPSA) is 29.9 Å². The minimum Gasteiger partial charge on any atom is -0.310 e. The highest BCUT2D eigenvalue weighted by Gasteiger charge is 2.14. The van der Waals surface area contributed by atoms with E-state index < -0.39 is 0 Å². The summed E-state index contributed by atoms with van der Waals surface area (Å²) in [5, 5.41) is 3.47. The van der Waals surface area contributed by atoms with Crippen molar-refractivity contribution in [3.05, 3.63) is 46.0 Å². The van der Waals surface area contributed by atoms with E-state index in [1.54, 1.807) is 0 Å². The van der Waals surface area contributed by atoms with E-state index >= 15 is 0 Å². The van der Waals surface area contributed by atoms with Crippen LogP contribution in [0.25, 0.3) is 5.69 Å². The largest absolute Gasteiger partial charge is 0.310 e. The molecule has 19 heavy (non-hydrogen) atoms. The molecule has 0 spiro atoms. The van der Waals surface area contributed by atoms with E-state index in [2.05, 4.69) is 69.8 Å². The lowest BCUT2D eigenvalue weighted by molar-refractivity contribution is 0.595. The molecule has 1 unspecified atom stereocenters. The molecule has 0 amide bonds. The molecule has 1 aromatic carbocycles. The monoisotopic (exact) mass is 321 g/mol. The van der Waals surface area contributed by atoms with Gasteiger partial charge in [0.25, 0.3) is 0 Å². The molecule has 0 bridgehead atoms. The summed E-state index contributed by atoms with van der Waals surface area (Å²) in [4.78, 5) is 4.40. The molecule has 3 nitrogen and oxygen atoms in total. The van der Waals surface area contributed by atoms with Gasteiger partial charge < -0.3 is 9.88 Å². The second kappa shape index (κ2) is 5.88. The number of aromatic nitrogens is 2. The Labute approximate surface area is 123 Å². The van der Waals surface area contributed by atoms with Crippen molar-refractivity contribution >= 4 is 15.9 Å². The van der Waals surface area contributed by atoms with Gasteiger partial charge in [-0.05, 0) is 45.0 Å². The third-order valence-electron chi connectivity index (χ3n) is 3.48. The van der Waals surface area contributed by atoms with Gasteiger partial charge in [-0.15, -0.1) is 0 Å². The first kappa shape index (κ1) is 14.3. The van der Waals surface area contributed by atoms with Crippen molar-refractivity contribution in [1.29, 1.82) is 0 Å². The third kappa shape index (κ3) is 2.90. The van der Waals surface area contributed by atoms with E-state index in [1.807, 2.05) is 13.3 Å². The first-order chi connectivity index (χ1) is 9.04. The minimum absolute atomic E-state index is 0.315. The number of hydrogen-bond acceptors (Lipinski definition) is 2. The summed E-state index contributed by atoms with van der Waals surface area (Å²) in [6.45, 7) is 9.41. The average Bonchev–Trinajstić information content (AvgIpc) is 2.70. The van der Waals surface area contributed by atoms with Crippen molar-refractivity contribution in [3.8, 4) is 5.69 Å². The van der Waals surface area contributed by atoms with Gasteiger partial charge in [-0.25, -0.2) is 4.98 Å². The molecule has 1 N–H and O–H groups in total. The van der Waals surface area contributed by atoms with Gasteiger partial charge in [0.1, 0.15) is 0 Å². The molecule has 0 fully saturated rings. The van der Waals surface area contributed by atoms with Crippen LogP contribution in [0.2, 0.25) is 0 Å². The van der Waals surface area contributed by atoms with Crippen LogP contribution >= 0.6 is 15.9 Å². The van der Waals surface area contributed by atoms with Gasteiger partial charge in [-0.3, -0.25) is 0 Å². The number of halogens is 1. The fourth-order valence-corrected chi connectivity index (χ4v) is 2.60. The molecule has 4 heteroatoms. The highest BCUT2D eigenvalue weighted by molar-refractivity contribution is 9.10. The second-order valence-electron chi connectivity index (χ2n) is 4.77. The van der Waals surface area contributed by atoms with Crippen molar-refractivity contribution in [1.82, 2.24) is 14.9 Å². The summed E-state index contributed by atoms with van der Waals surface area (Å²) in [5.41, 5.74) is 4.72. The van der Waals surface area contributed by atoms with Crippen molar-refractivity contribution in [3.63, 3.8) is 0 Å². The molecular formula is C15H20BrN3. The fraction of sp³-hybridized carbons (Fsp3) is 0.400. The Morgan fingerprint density at radius 3 is 2.68 bits per heavy atom. The predicted octanol–water partition coefficient (Wildman–Crippen LogP) is 3.92. The van der Waals surface area contributed by atoms with Crippen molar-refractivity contribution in [2.75, 3.05) is 6.54 Å². The molecule has 1 heterocycles. The summed E-state index contributed by atoms with van der Waals surface area (Å²) in [5.74, 6) is 0. The molecule has 0 aliphatic heterocycles. The predicted molar refractivity (Wildman–Crippen MR) is 82.8 cm³/mol. The van der Waals surface area contributed by atoms with Gasteiger partial charge in [0.2, 0.25) is 0 Å². The van der Waals surface area contributed by atoms with Crippen LogP contribution in [0, 0.1) is 13.8 Å². The first-order valence-electron chi connectivity index (χ1n) is 6.58. The Kier molecular flexibility index (Phi) is 4.42. The number of benzene rings is 1. The summed E-state index contributed by atoms with van der Waals surface area (Å²) in [6.07, 6.45) is 1.90. The normalized spacial score (nSPS) is 12.7. The molecular weight excluding hydrogens is 302 g/mol. The Morgan fingerprint density at radius 2 is 2.11 bits per heavy atom. The van der Waals surface area contributed by atoms with E-state index in [-0.39, 0.29) is 0 Å². The fourth-order valence-electron chi connectivity index (χ4n) is 2.25. The highest BCUT2D eigenvalue weighted by Crippen LogP contribution is 2.27. The lowest BCUT2D eigenvalue weighted by Gasteiger charge is -2.19. The number of nitrogens with one attached hydrogen (secondary N) is 1. The Balaban J connectivity index is 2.54. The van der Waals surface area contributed by atoms with Crippen LogP contribution < -0.4 is 5.32 Å². The van der Waals surface area contributed by atoms with Gasteiger partial charge in [0.05, 0.1) is 17.7 Å². The summed E-state index contributed by atoms with van der Waals surface area (Å²) < 4.78 is 3.24. The third-order valence-corrected chi connectivity index (χ3v) is 3.97. The van der Waals surface area contributed by atoms with Gasteiger partial charge in [0.15, 0.2) is 0 Å². The standard InChI is InChI=1S/C15H20BrN3/c1-5-17-11(3)14-7-6-13(16)8-15(14)19-9-18-10(2)12(19)4/h6-9,11,17H,5H2,1-4H3. The SMILES string of the molecule is CCNC(C)c1ccc(Br)cc1-n1cnc(C)c1C. The summed E-state index contributed by atoms with van der Waals surface area (Å²) in [7, 11) is 0. The maximum Gasteiger partial charge on any atom is 0.0997 e. The summed E-state index contributed by atoms with van der Waals surface area (Å²) >= 11 is 3.56. The van der Waals surface area contributed by atoms with Crippen LogP contribution in [0.1, 0.15) is 36.8 Å². The van der Waals surface area contributed by atoms with Gasteiger partial charge >= 0.3 is 0 Å². The van der Waals surface area contributed by atoms with Crippen LogP contribution in [0.15, 0.2) is 29.0 Å². The van der Waals surface area contributed by atoms with E-state index in [4.69, 9.17) is 0 Å². The molecule has 2 aromatic rings. The molecule has 0 aliphatic carbocycles. The minimum atomic E-state index is 0.315. The number of aryl methyl sites for hydroxylation is 1. The maximum absolute atomic E-state index is 4.40. The van der Waals surface area contributed by atoms with Gasteiger partial charge in [0, 0.05) is 16.2 Å². The first-order valence-corrected chi connectivity index (χ1v) is 7.37. The molecule has 0 radical (unpaired) electrons. The van der Waals surface area contributed by atoms with Crippen LogP contribution in [0.3, 0.4) is 0 Å². The van der Waals surface area contributed by atoms with E-state index in [1.165, 1.54) is 16.9 Å². The van der Waals surface area contributed by atoms with Crippen LogP contribution in [0.4, 0.5) is 0 Å². The molecule has 1 aromatic heterocycles. The van der Waals surface area contributed by atoms with Crippen molar-refractivity contribution in [2.24, 2.45) is 0 Å². The summed E-state index contributed by atoms with van der Waals surface area (Å²) in [6, 6.07) is 6.72. The zero-order valence-corrected chi connectivity index (χ0v) is 13.5. The molecule has 2 rings (SSSR count). The number of nitrogens with zero attached hydrogens (tertiary/aromatic N) is 2. The van der Waals surface area contributed by atoms with Gasteiger partial charge in [-0.2, -0.15) is 0 Å². The molecule has 0 aliphatic rings. The molecule has 0 saturated heterocycles. The number of hydrogen-bond donors (Lipinski definition) is 1. The Bertz CT molecular complexity index is 575. The van der Waals surface area contributed by atoms with E-state index in [9.17, 15) is 0 Å². The molecule has 102 valence electrons. The number of imidazole rings is 1. The van der Waals surface area contributed by atoms with E-state index in [0.717, 1.165) is 16.7 Å². The van der Waals surface area contributed by atoms with Crippen molar-refractivity contribution < 1.29 is 0 Å². The van der Waals surface area contributed by atoms with E-state index in [0.29, 0.717) is 6.04 Å². The molecule has 1 atom stereocenters. The number of rotatable bonds is 4. The van der Waals surface area contributed by atoms with Gasteiger partial charge in [-0.1, -0.05) is 28.9 Å². The lowest BCUT2D eigenvalue weighted by Crippen LogP contribution is -2.19. The van der Waals surface area contributed by atoms with Crippen LogP contribution in [-0.2, 0) is 0 Å². The second-order valence-corrected chi connectivity index (χ2v) is 5.68. The van der Waals surface area contributed by atoms with Crippen molar-refractivity contribution in [2.45, 2.75) is 33.7 Å².